The topological polar surface area (TPSA) is 58.6 Å². The van der Waals surface area contributed by atoms with Crippen molar-refractivity contribution in [3.05, 3.63) is 12.7 Å². The minimum atomic E-state index is -4.62. The Labute approximate surface area is 147 Å². The summed E-state index contributed by atoms with van der Waals surface area (Å²) in [5.74, 6) is -5.43. The maximum Gasteiger partial charge on any atom is 0.395 e. The van der Waals surface area contributed by atoms with Crippen molar-refractivity contribution in [1.82, 2.24) is 10.2 Å². The lowest BCUT2D eigenvalue weighted by atomic mass is 10.0. The maximum atomic E-state index is 13.2. The van der Waals surface area contributed by atoms with Crippen molar-refractivity contribution in [2.24, 2.45) is 17.8 Å². The summed E-state index contributed by atoms with van der Waals surface area (Å²) < 4.78 is 69.8. The molecule has 1 saturated carbocycles. The zero-order valence-electron chi connectivity index (χ0n) is 14.0. The lowest BCUT2D eigenvalue weighted by Crippen LogP contribution is -2.46. The van der Waals surface area contributed by atoms with Crippen LogP contribution in [-0.2, 0) is 14.3 Å². The first-order chi connectivity index (χ1) is 12.1. The van der Waals surface area contributed by atoms with Crippen molar-refractivity contribution in [3.63, 3.8) is 0 Å². The number of rotatable bonds is 8. The monoisotopic (exact) mass is 384 g/mol. The van der Waals surface area contributed by atoms with Gasteiger partial charge in [0.25, 0.3) is 0 Å². The van der Waals surface area contributed by atoms with Crippen LogP contribution in [0.25, 0.3) is 0 Å². The van der Waals surface area contributed by atoms with Gasteiger partial charge in [-0.05, 0) is 12.8 Å². The Balaban J connectivity index is 1.92. The molecule has 148 valence electrons. The van der Waals surface area contributed by atoms with Gasteiger partial charge >= 0.3 is 6.18 Å². The number of carbonyl (C=O) groups excluding carboxylic acids is 2. The summed E-state index contributed by atoms with van der Waals surface area (Å²) in [5, 5.41) is 2.20. The minimum Gasteiger partial charge on any atom is -0.371 e. The highest BCUT2D eigenvalue weighted by atomic mass is 19.4. The standard InChI is InChI=1S/C16H21F5N2O3/c1-2-3-4-26-8-13(24)23-6-11(16(19,20)21)12(7-23)22-15(25)10-5-9(10)14(17)18/h2,9-12,14H,1,3-8H2,(H,22,25)/t9-,10-,11+,12+/m0/s1. The largest absolute Gasteiger partial charge is 0.395 e. The SMILES string of the molecule is C=CCCOCC(=O)N1C[C@@H](C(F)(F)F)[C@H](NC(=O)[C@H]2C[C@@H]2C(F)F)C1. The molecule has 0 spiro atoms. The molecule has 2 aliphatic rings. The number of nitrogens with zero attached hydrogens (tertiary/aromatic N) is 1. The summed E-state index contributed by atoms with van der Waals surface area (Å²) in [6.07, 6.45) is -5.24. The predicted octanol–water partition coefficient (Wildman–Crippen LogP) is 1.99. The van der Waals surface area contributed by atoms with Crippen LogP contribution in [0.1, 0.15) is 12.8 Å². The molecule has 26 heavy (non-hydrogen) atoms. The van der Waals surface area contributed by atoms with Gasteiger partial charge < -0.3 is 15.0 Å². The van der Waals surface area contributed by atoms with Gasteiger partial charge in [0.15, 0.2) is 0 Å². The summed E-state index contributed by atoms with van der Waals surface area (Å²) >= 11 is 0. The highest BCUT2D eigenvalue weighted by molar-refractivity contribution is 5.82. The van der Waals surface area contributed by atoms with Crippen LogP contribution in [0.2, 0.25) is 0 Å². The first-order valence-corrected chi connectivity index (χ1v) is 8.26. The third-order valence-electron chi connectivity index (χ3n) is 4.61. The lowest BCUT2D eigenvalue weighted by molar-refractivity contribution is -0.176. The van der Waals surface area contributed by atoms with Crippen molar-refractivity contribution in [3.8, 4) is 0 Å². The van der Waals surface area contributed by atoms with Gasteiger partial charge in [0.05, 0.1) is 18.6 Å². The van der Waals surface area contributed by atoms with Crippen LogP contribution in [0.15, 0.2) is 12.7 Å². The third-order valence-corrected chi connectivity index (χ3v) is 4.61. The zero-order chi connectivity index (χ0) is 19.5. The molecule has 1 N–H and O–H groups in total. The normalized spacial score (nSPS) is 28.3. The van der Waals surface area contributed by atoms with Gasteiger partial charge in [-0.3, -0.25) is 9.59 Å². The van der Waals surface area contributed by atoms with Gasteiger partial charge in [-0.2, -0.15) is 13.2 Å². The molecule has 0 unspecified atom stereocenters. The quantitative estimate of drug-likeness (QED) is 0.396. The maximum absolute atomic E-state index is 13.2. The van der Waals surface area contributed by atoms with Crippen LogP contribution < -0.4 is 5.32 Å². The van der Waals surface area contributed by atoms with Crippen LogP contribution >= 0.6 is 0 Å². The van der Waals surface area contributed by atoms with E-state index in [-0.39, 0.29) is 26.2 Å². The van der Waals surface area contributed by atoms with Gasteiger partial charge in [-0.25, -0.2) is 8.78 Å². The molecule has 2 rings (SSSR count). The Morgan fingerprint density at radius 1 is 1.31 bits per heavy atom. The Morgan fingerprint density at radius 3 is 2.54 bits per heavy atom. The van der Waals surface area contributed by atoms with E-state index in [1.807, 2.05) is 0 Å². The van der Waals surface area contributed by atoms with Crippen molar-refractivity contribution < 1.29 is 36.3 Å². The van der Waals surface area contributed by atoms with Crippen molar-refractivity contribution >= 4 is 11.8 Å². The number of alkyl halides is 5. The summed E-state index contributed by atoms with van der Waals surface area (Å²) in [6.45, 7) is 2.41. The number of ether oxygens (including phenoxy) is 1. The van der Waals surface area contributed by atoms with E-state index in [4.69, 9.17) is 4.74 Å². The van der Waals surface area contributed by atoms with E-state index in [9.17, 15) is 31.5 Å². The second-order valence-electron chi connectivity index (χ2n) is 6.53. The number of nitrogens with one attached hydrogen (secondary N) is 1. The molecule has 0 aromatic carbocycles. The van der Waals surface area contributed by atoms with Crippen molar-refractivity contribution in [2.75, 3.05) is 26.3 Å². The fraction of sp³-hybridized carbons (Fsp3) is 0.750. The number of hydrogen-bond donors (Lipinski definition) is 1. The summed E-state index contributed by atoms with van der Waals surface area (Å²) in [5.41, 5.74) is 0. The second-order valence-corrected chi connectivity index (χ2v) is 6.53. The smallest absolute Gasteiger partial charge is 0.371 e. The number of carbonyl (C=O) groups is 2. The summed E-state index contributed by atoms with van der Waals surface area (Å²) in [6, 6.07) is -1.35. The molecule has 2 fully saturated rings. The Kier molecular flexibility index (Phi) is 6.59. The number of halogens is 5. The van der Waals surface area contributed by atoms with Gasteiger partial charge in [0, 0.05) is 24.9 Å². The number of amides is 2. The fourth-order valence-corrected chi connectivity index (χ4v) is 2.99. The van der Waals surface area contributed by atoms with Crippen LogP contribution in [0.5, 0.6) is 0 Å². The summed E-state index contributed by atoms with van der Waals surface area (Å²) in [4.78, 5) is 24.9. The molecule has 1 saturated heterocycles. The first kappa shape index (κ1) is 20.6. The number of hydrogen-bond acceptors (Lipinski definition) is 3. The van der Waals surface area contributed by atoms with Crippen LogP contribution in [0, 0.1) is 17.8 Å². The lowest BCUT2D eigenvalue weighted by Gasteiger charge is -2.21. The molecular weight excluding hydrogens is 363 g/mol. The van der Waals surface area contributed by atoms with Gasteiger partial charge in [-0.15, -0.1) is 6.58 Å². The molecular formula is C16H21F5N2O3. The predicted molar refractivity (Wildman–Crippen MR) is 81.3 cm³/mol. The summed E-state index contributed by atoms with van der Waals surface area (Å²) in [7, 11) is 0. The van der Waals surface area contributed by atoms with E-state index in [1.54, 1.807) is 6.08 Å². The van der Waals surface area contributed by atoms with E-state index in [0.717, 1.165) is 4.90 Å². The van der Waals surface area contributed by atoms with Crippen molar-refractivity contribution in [1.29, 1.82) is 0 Å². The van der Waals surface area contributed by atoms with Crippen LogP contribution in [-0.4, -0.2) is 61.7 Å². The van der Waals surface area contributed by atoms with E-state index >= 15 is 0 Å². The minimum absolute atomic E-state index is 0.0350. The molecule has 0 radical (unpaired) electrons. The molecule has 10 heteroatoms. The Bertz CT molecular complexity index is 540. The first-order valence-electron chi connectivity index (χ1n) is 8.26. The Hall–Kier alpha value is -1.71. The average Bonchev–Trinajstić information content (AvgIpc) is 3.24. The fourth-order valence-electron chi connectivity index (χ4n) is 2.99. The number of likely N-dealkylation sites (tertiary alicyclic amines) is 1. The van der Waals surface area contributed by atoms with Gasteiger partial charge in [0.2, 0.25) is 18.2 Å². The molecule has 5 nitrogen and oxygen atoms in total. The second kappa shape index (κ2) is 8.32. The molecule has 1 aliphatic heterocycles. The Morgan fingerprint density at radius 2 is 2.00 bits per heavy atom. The molecule has 0 bridgehead atoms. The highest BCUT2D eigenvalue weighted by Crippen LogP contribution is 2.43. The highest BCUT2D eigenvalue weighted by Gasteiger charge is 2.54. The van der Waals surface area contributed by atoms with Crippen LogP contribution in [0.3, 0.4) is 0 Å². The van der Waals surface area contributed by atoms with Crippen LogP contribution in [0.4, 0.5) is 22.0 Å². The van der Waals surface area contributed by atoms with E-state index in [1.165, 1.54) is 0 Å². The third kappa shape index (κ3) is 5.15. The molecule has 1 heterocycles. The molecule has 1 aliphatic carbocycles. The van der Waals surface area contributed by atoms with E-state index < -0.39 is 54.8 Å². The van der Waals surface area contributed by atoms with E-state index in [2.05, 4.69) is 11.9 Å². The molecule has 4 atom stereocenters. The van der Waals surface area contributed by atoms with Gasteiger partial charge in [-0.1, -0.05) is 6.08 Å². The molecule has 0 aromatic heterocycles. The average molecular weight is 384 g/mol. The van der Waals surface area contributed by atoms with Gasteiger partial charge in [0.1, 0.15) is 6.61 Å². The van der Waals surface area contributed by atoms with Crippen molar-refractivity contribution in [2.45, 2.75) is 31.5 Å². The van der Waals surface area contributed by atoms with E-state index in [0.29, 0.717) is 6.42 Å². The molecule has 0 aromatic rings. The molecule has 2 amide bonds. The zero-order valence-corrected chi connectivity index (χ0v) is 14.0.